The van der Waals surface area contributed by atoms with Gasteiger partial charge in [-0.1, -0.05) is 26.0 Å². The molecule has 0 aliphatic rings. The van der Waals surface area contributed by atoms with Gasteiger partial charge in [0, 0.05) is 28.4 Å². The summed E-state index contributed by atoms with van der Waals surface area (Å²) in [6.45, 7) is 5.91. The predicted octanol–water partition coefficient (Wildman–Crippen LogP) is 6.48. The average molecular weight is 429 g/mol. The number of anilines is 1. The Bertz CT molecular complexity index is 1310. The van der Waals surface area contributed by atoms with E-state index in [0.717, 1.165) is 23.1 Å². The van der Waals surface area contributed by atoms with Crippen LogP contribution in [-0.4, -0.2) is 15.8 Å². The highest BCUT2D eigenvalue weighted by Gasteiger charge is 2.18. The number of nitrogens with zero attached hydrogens (tertiary/aromatic N) is 2. The molecule has 3 aromatic carbocycles. The van der Waals surface area contributed by atoms with Crippen molar-refractivity contribution in [2.24, 2.45) is 0 Å². The molecule has 0 spiro atoms. The van der Waals surface area contributed by atoms with Crippen LogP contribution in [0.2, 0.25) is 0 Å². The molecule has 1 amide bonds. The topological polar surface area (TPSA) is 98.3 Å². The lowest BCUT2D eigenvalue weighted by molar-refractivity contribution is -0.385. The average Bonchev–Trinajstić information content (AvgIpc) is 3.22. The molecule has 162 valence electrons. The number of carbonyl (C=O) groups is 1. The summed E-state index contributed by atoms with van der Waals surface area (Å²) in [6.07, 6.45) is 1.05. The molecule has 1 N–H and O–H groups in total. The summed E-state index contributed by atoms with van der Waals surface area (Å²) in [5.41, 5.74) is 4.64. The van der Waals surface area contributed by atoms with E-state index in [2.05, 4.69) is 36.3 Å². The van der Waals surface area contributed by atoms with E-state index in [1.54, 1.807) is 25.1 Å². The zero-order valence-electron chi connectivity index (χ0n) is 18.1. The maximum atomic E-state index is 12.6. The number of oxazole rings is 1. The van der Waals surface area contributed by atoms with Crippen LogP contribution < -0.4 is 5.32 Å². The van der Waals surface area contributed by atoms with Crippen LogP contribution in [0.5, 0.6) is 0 Å². The Morgan fingerprint density at radius 1 is 1.16 bits per heavy atom. The molecule has 7 heteroatoms. The largest absolute Gasteiger partial charge is 0.436 e. The van der Waals surface area contributed by atoms with Crippen LogP contribution in [0.1, 0.15) is 47.7 Å². The van der Waals surface area contributed by atoms with Gasteiger partial charge < -0.3 is 9.73 Å². The minimum Gasteiger partial charge on any atom is -0.436 e. The third-order valence-corrected chi connectivity index (χ3v) is 5.73. The summed E-state index contributed by atoms with van der Waals surface area (Å²) in [4.78, 5) is 27.9. The summed E-state index contributed by atoms with van der Waals surface area (Å²) in [7, 11) is 0. The molecule has 32 heavy (non-hydrogen) atoms. The van der Waals surface area contributed by atoms with Crippen LogP contribution in [0, 0.1) is 17.0 Å². The molecule has 0 bridgehead atoms. The predicted molar refractivity (Wildman–Crippen MR) is 124 cm³/mol. The first kappa shape index (κ1) is 21.2. The van der Waals surface area contributed by atoms with Gasteiger partial charge in [0.05, 0.1) is 4.92 Å². The maximum absolute atomic E-state index is 12.6. The smallest absolute Gasteiger partial charge is 0.273 e. The number of amides is 1. The van der Waals surface area contributed by atoms with Crippen molar-refractivity contribution < 1.29 is 14.1 Å². The number of nitrogens with one attached hydrogen (secondary N) is 1. The molecule has 1 heterocycles. The van der Waals surface area contributed by atoms with Crippen LogP contribution in [0.25, 0.3) is 22.6 Å². The Balaban J connectivity index is 1.54. The third-order valence-electron chi connectivity index (χ3n) is 5.73. The van der Waals surface area contributed by atoms with Crippen molar-refractivity contribution in [2.75, 3.05) is 5.32 Å². The third kappa shape index (κ3) is 4.09. The van der Waals surface area contributed by atoms with Crippen molar-refractivity contribution >= 4 is 28.4 Å². The lowest BCUT2D eigenvalue weighted by Gasteiger charge is -2.08. The minimum absolute atomic E-state index is 0.0829. The van der Waals surface area contributed by atoms with Gasteiger partial charge in [-0.2, -0.15) is 0 Å². The van der Waals surface area contributed by atoms with Crippen LogP contribution >= 0.6 is 0 Å². The Morgan fingerprint density at radius 3 is 2.59 bits per heavy atom. The molecule has 1 unspecified atom stereocenters. The minimum atomic E-state index is -0.493. The molecule has 0 fully saturated rings. The van der Waals surface area contributed by atoms with Gasteiger partial charge in [-0.3, -0.25) is 14.9 Å². The molecule has 0 radical (unpaired) electrons. The molecule has 0 saturated heterocycles. The zero-order valence-corrected chi connectivity index (χ0v) is 18.1. The van der Waals surface area contributed by atoms with Gasteiger partial charge in [0.1, 0.15) is 5.52 Å². The number of carbonyl (C=O) groups excluding carboxylic acids is 1. The van der Waals surface area contributed by atoms with E-state index in [1.165, 1.54) is 17.7 Å². The van der Waals surface area contributed by atoms with Gasteiger partial charge in [-0.15, -0.1) is 0 Å². The molecule has 0 aliphatic carbocycles. The Hall–Kier alpha value is -4.00. The molecular weight excluding hydrogens is 406 g/mol. The normalized spacial score (nSPS) is 12.0. The number of hydrogen-bond acceptors (Lipinski definition) is 5. The molecule has 0 aliphatic heterocycles. The van der Waals surface area contributed by atoms with Gasteiger partial charge in [0.15, 0.2) is 5.58 Å². The van der Waals surface area contributed by atoms with Crippen LogP contribution in [-0.2, 0) is 0 Å². The number of rotatable bonds is 6. The van der Waals surface area contributed by atoms with Crippen molar-refractivity contribution in [2.45, 2.75) is 33.1 Å². The first-order valence-electron chi connectivity index (χ1n) is 10.4. The zero-order chi connectivity index (χ0) is 22.8. The van der Waals surface area contributed by atoms with E-state index < -0.39 is 10.8 Å². The second-order valence-corrected chi connectivity index (χ2v) is 7.79. The Kier molecular flexibility index (Phi) is 5.73. The number of aromatic nitrogens is 1. The monoisotopic (exact) mass is 429 g/mol. The van der Waals surface area contributed by atoms with Crippen molar-refractivity contribution in [1.29, 1.82) is 0 Å². The summed E-state index contributed by atoms with van der Waals surface area (Å²) >= 11 is 0. The van der Waals surface area contributed by atoms with Crippen molar-refractivity contribution in [3.63, 3.8) is 0 Å². The number of hydrogen-bond donors (Lipinski definition) is 1. The fraction of sp³-hybridized carbons (Fsp3) is 0.200. The van der Waals surface area contributed by atoms with E-state index >= 15 is 0 Å². The molecule has 4 aromatic rings. The second-order valence-electron chi connectivity index (χ2n) is 7.79. The van der Waals surface area contributed by atoms with Gasteiger partial charge in [0.25, 0.3) is 11.6 Å². The van der Waals surface area contributed by atoms with E-state index in [9.17, 15) is 14.9 Å². The molecule has 4 rings (SSSR count). The lowest BCUT2D eigenvalue weighted by Crippen LogP contribution is -2.14. The molecule has 1 aromatic heterocycles. The highest BCUT2D eigenvalue weighted by atomic mass is 16.6. The quantitative estimate of drug-likeness (QED) is 0.279. The molecule has 7 nitrogen and oxygen atoms in total. The SMILES string of the molecule is CCC(C)c1ccc2oc(-c3ccc(NC(=O)c4cccc([N+](=O)[O-])c4C)cc3)nc2c1. The summed E-state index contributed by atoms with van der Waals surface area (Å²) in [5, 5.41) is 13.9. The molecular formula is C25H23N3O4. The van der Waals surface area contributed by atoms with E-state index in [-0.39, 0.29) is 11.3 Å². The van der Waals surface area contributed by atoms with E-state index in [4.69, 9.17) is 4.42 Å². The van der Waals surface area contributed by atoms with Crippen LogP contribution in [0.15, 0.2) is 65.1 Å². The van der Waals surface area contributed by atoms with E-state index in [1.807, 2.05) is 18.2 Å². The maximum Gasteiger partial charge on any atom is 0.273 e. The van der Waals surface area contributed by atoms with Gasteiger partial charge >= 0.3 is 0 Å². The molecule has 0 saturated carbocycles. The fourth-order valence-electron chi connectivity index (χ4n) is 3.57. The highest BCUT2D eigenvalue weighted by Crippen LogP contribution is 2.29. The lowest BCUT2D eigenvalue weighted by atomic mass is 9.98. The summed E-state index contributed by atoms with van der Waals surface area (Å²) in [5.74, 6) is 0.559. The second kappa shape index (κ2) is 8.63. The number of nitro groups is 1. The number of fused-ring (bicyclic) bond motifs is 1. The van der Waals surface area contributed by atoms with Gasteiger partial charge in [-0.25, -0.2) is 4.98 Å². The van der Waals surface area contributed by atoms with Crippen molar-refractivity contribution in [3.05, 3.63) is 87.5 Å². The Morgan fingerprint density at radius 2 is 1.91 bits per heavy atom. The van der Waals surface area contributed by atoms with Crippen molar-refractivity contribution in [1.82, 2.24) is 4.98 Å². The first-order chi connectivity index (χ1) is 15.4. The van der Waals surface area contributed by atoms with Gasteiger partial charge in [0.2, 0.25) is 5.89 Å². The van der Waals surface area contributed by atoms with Crippen LogP contribution in [0.3, 0.4) is 0 Å². The number of nitro benzene ring substituents is 1. The first-order valence-corrected chi connectivity index (χ1v) is 10.4. The van der Waals surface area contributed by atoms with Crippen LogP contribution in [0.4, 0.5) is 11.4 Å². The van der Waals surface area contributed by atoms with E-state index in [0.29, 0.717) is 23.1 Å². The number of benzene rings is 3. The summed E-state index contributed by atoms with van der Waals surface area (Å²) in [6, 6.07) is 17.7. The standard InChI is InChI=1S/C25H23N3O4/c1-4-15(2)18-10-13-23-21(14-18)27-25(32-23)17-8-11-19(12-9-17)26-24(29)20-6-5-7-22(16(20)3)28(30)31/h5-15H,4H2,1-3H3,(H,26,29). The van der Waals surface area contributed by atoms with Gasteiger partial charge in [-0.05, 0) is 67.3 Å². The Labute approximate surface area is 185 Å². The highest BCUT2D eigenvalue weighted by molar-refractivity contribution is 6.05. The van der Waals surface area contributed by atoms with Crippen molar-refractivity contribution in [3.8, 4) is 11.5 Å². The molecule has 1 atom stereocenters. The summed E-state index contributed by atoms with van der Waals surface area (Å²) < 4.78 is 5.90. The fourth-order valence-corrected chi connectivity index (χ4v) is 3.57.